The van der Waals surface area contributed by atoms with Crippen LogP contribution in [0.1, 0.15) is 19.4 Å². The summed E-state index contributed by atoms with van der Waals surface area (Å²) in [4.78, 5) is 23.4. The molecule has 0 aliphatic carbocycles. The third-order valence-corrected chi connectivity index (χ3v) is 3.28. The van der Waals surface area contributed by atoms with Crippen LogP contribution in [0.2, 0.25) is 0 Å². The molecule has 0 amide bonds. The van der Waals surface area contributed by atoms with Crippen molar-refractivity contribution in [2.24, 2.45) is 5.73 Å². The number of hydrogen-bond acceptors (Lipinski definition) is 5. The molecule has 22 heavy (non-hydrogen) atoms. The lowest BCUT2D eigenvalue weighted by Gasteiger charge is -2.13. The molecule has 0 unspecified atom stereocenters. The number of esters is 1. The van der Waals surface area contributed by atoms with Gasteiger partial charge in [-0.1, -0.05) is 0 Å². The van der Waals surface area contributed by atoms with Crippen molar-refractivity contribution >= 4 is 16.9 Å². The van der Waals surface area contributed by atoms with Crippen molar-refractivity contribution in [3.63, 3.8) is 0 Å². The van der Waals surface area contributed by atoms with Gasteiger partial charge in [-0.2, -0.15) is 0 Å². The zero-order chi connectivity index (χ0) is 16.1. The molecule has 0 bridgehead atoms. The Morgan fingerprint density at radius 3 is 2.73 bits per heavy atom. The minimum absolute atomic E-state index is 0.0183. The van der Waals surface area contributed by atoms with E-state index in [0.29, 0.717) is 31.0 Å². The SMILES string of the molecule is CCn1c(=O)c(COC(C)=O)cc2ccc(OCCN)cc21. The lowest BCUT2D eigenvalue weighted by atomic mass is 10.1. The summed E-state index contributed by atoms with van der Waals surface area (Å²) in [5.41, 5.74) is 6.51. The number of nitrogens with two attached hydrogens (primary N) is 1. The molecule has 1 aromatic carbocycles. The number of ether oxygens (including phenoxy) is 2. The molecule has 0 atom stereocenters. The summed E-state index contributed by atoms with van der Waals surface area (Å²) in [7, 11) is 0. The fraction of sp³-hybridized carbons (Fsp3) is 0.375. The standard InChI is InChI=1S/C16H20N2O4/c1-3-18-15-9-14(21-7-6-17)5-4-12(15)8-13(16(18)20)10-22-11(2)19/h4-5,8-9H,3,6-7,10,17H2,1-2H3. The number of hydrogen-bond donors (Lipinski definition) is 1. The van der Waals surface area contributed by atoms with Crippen molar-refractivity contribution < 1.29 is 14.3 Å². The molecule has 1 aromatic heterocycles. The molecule has 2 aromatic rings. The van der Waals surface area contributed by atoms with Gasteiger partial charge >= 0.3 is 5.97 Å². The minimum atomic E-state index is -0.409. The Morgan fingerprint density at radius 2 is 2.09 bits per heavy atom. The zero-order valence-corrected chi connectivity index (χ0v) is 12.8. The number of nitrogens with zero attached hydrogens (tertiary/aromatic N) is 1. The molecule has 0 aliphatic heterocycles. The van der Waals surface area contributed by atoms with Gasteiger partial charge in [-0.05, 0) is 30.5 Å². The lowest BCUT2D eigenvalue weighted by Crippen LogP contribution is -2.24. The molecule has 6 nitrogen and oxygen atoms in total. The third-order valence-electron chi connectivity index (χ3n) is 3.28. The molecule has 118 valence electrons. The van der Waals surface area contributed by atoms with Gasteiger partial charge in [0.25, 0.3) is 5.56 Å². The summed E-state index contributed by atoms with van der Waals surface area (Å²) in [5, 5.41) is 0.892. The van der Waals surface area contributed by atoms with Crippen molar-refractivity contribution in [2.45, 2.75) is 27.0 Å². The number of rotatable bonds is 6. The second kappa shape index (κ2) is 7.09. The molecule has 1 heterocycles. The Morgan fingerprint density at radius 1 is 1.32 bits per heavy atom. The van der Waals surface area contributed by atoms with Gasteiger partial charge < -0.3 is 19.8 Å². The Hall–Kier alpha value is -2.34. The first-order valence-corrected chi connectivity index (χ1v) is 7.19. The van der Waals surface area contributed by atoms with E-state index in [-0.39, 0.29) is 12.2 Å². The van der Waals surface area contributed by atoms with Crippen LogP contribution in [0.15, 0.2) is 29.1 Å². The van der Waals surface area contributed by atoms with E-state index in [4.69, 9.17) is 15.2 Å². The Labute approximate surface area is 128 Å². The molecule has 0 radical (unpaired) electrons. The fourth-order valence-electron chi connectivity index (χ4n) is 2.27. The molecule has 0 spiro atoms. The molecule has 6 heteroatoms. The highest BCUT2D eigenvalue weighted by atomic mass is 16.5. The highest BCUT2D eigenvalue weighted by Crippen LogP contribution is 2.21. The average molecular weight is 304 g/mol. The van der Waals surface area contributed by atoms with Gasteiger partial charge in [0, 0.05) is 26.1 Å². The Bertz CT molecular complexity index is 737. The summed E-state index contributed by atoms with van der Waals surface area (Å²) < 4.78 is 12.1. The van der Waals surface area contributed by atoms with E-state index in [1.54, 1.807) is 10.6 Å². The molecular weight excluding hydrogens is 284 g/mol. The van der Waals surface area contributed by atoms with Gasteiger partial charge in [0.05, 0.1) is 11.1 Å². The van der Waals surface area contributed by atoms with Gasteiger partial charge in [0.15, 0.2) is 0 Å². The second-order valence-corrected chi connectivity index (χ2v) is 4.86. The summed E-state index contributed by atoms with van der Waals surface area (Å²) in [6, 6.07) is 7.28. The van der Waals surface area contributed by atoms with Crippen LogP contribution in [0.3, 0.4) is 0 Å². The number of aromatic nitrogens is 1. The van der Waals surface area contributed by atoms with E-state index < -0.39 is 5.97 Å². The summed E-state index contributed by atoms with van der Waals surface area (Å²) in [5.74, 6) is 0.264. The predicted molar refractivity (Wildman–Crippen MR) is 83.9 cm³/mol. The number of carbonyl (C=O) groups excluding carboxylic acids is 1. The van der Waals surface area contributed by atoms with Crippen LogP contribution in [0.5, 0.6) is 5.75 Å². The van der Waals surface area contributed by atoms with Crippen molar-refractivity contribution in [3.05, 3.63) is 40.2 Å². The first kappa shape index (κ1) is 16.0. The van der Waals surface area contributed by atoms with Gasteiger partial charge in [-0.25, -0.2) is 0 Å². The van der Waals surface area contributed by atoms with Crippen LogP contribution in [-0.2, 0) is 22.7 Å². The van der Waals surface area contributed by atoms with Gasteiger partial charge in [-0.15, -0.1) is 0 Å². The van der Waals surface area contributed by atoms with Crippen LogP contribution >= 0.6 is 0 Å². The molecular formula is C16H20N2O4. The quantitative estimate of drug-likeness (QED) is 0.816. The maximum absolute atomic E-state index is 12.5. The molecule has 2 rings (SSSR count). The highest BCUT2D eigenvalue weighted by molar-refractivity contribution is 5.81. The second-order valence-electron chi connectivity index (χ2n) is 4.86. The number of carbonyl (C=O) groups is 1. The lowest BCUT2D eigenvalue weighted by molar-refractivity contribution is -0.142. The molecule has 0 aliphatic rings. The monoisotopic (exact) mass is 304 g/mol. The van der Waals surface area contributed by atoms with Crippen molar-refractivity contribution in [1.29, 1.82) is 0 Å². The Kier molecular flexibility index (Phi) is 5.16. The van der Waals surface area contributed by atoms with E-state index in [0.717, 1.165) is 10.9 Å². The highest BCUT2D eigenvalue weighted by Gasteiger charge is 2.10. The van der Waals surface area contributed by atoms with Crippen LogP contribution < -0.4 is 16.0 Å². The number of fused-ring (bicyclic) bond motifs is 1. The van der Waals surface area contributed by atoms with Crippen LogP contribution in [0.4, 0.5) is 0 Å². The van der Waals surface area contributed by atoms with Gasteiger partial charge in [0.1, 0.15) is 19.0 Å². The van der Waals surface area contributed by atoms with Crippen LogP contribution in [0, 0.1) is 0 Å². The van der Waals surface area contributed by atoms with E-state index in [1.807, 2.05) is 25.1 Å². The normalized spacial score (nSPS) is 10.7. The largest absolute Gasteiger partial charge is 0.492 e. The van der Waals surface area contributed by atoms with E-state index >= 15 is 0 Å². The van der Waals surface area contributed by atoms with E-state index in [9.17, 15) is 9.59 Å². The Balaban J connectivity index is 2.49. The predicted octanol–water partition coefficient (Wildman–Crippen LogP) is 1.42. The molecule has 0 saturated heterocycles. The average Bonchev–Trinajstić information content (AvgIpc) is 2.50. The van der Waals surface area contributed by atoms with Crippen LogP contribution in [0.25, 0.3) is 10.9 Å². The van der Waals surface area contributed by atoms with Crippen molar-refractivity contribution in [3.8, 4) is 5.75 Å². The van der Waals surface area contributed by atoms with E-state index in [2.05, 4.69) is 0 Å². The topological polar surface area (TPSA) is 83.5 Å². The first-order valence-electron chi connectivity index (χ1n) is 7.19. The third kappa shape index (κ3) is 3.46. The van der Waals surface area contributed by atoms with E-state index in [1.165, 1.54) is 6.92 Å². The summed E-state index contributed by atoms with van der Waals surface area (Å²) in [6.07, 6.45) is 0. The summed E-state index contributed by atoms with van der Waals surface area (Å²) in [6.45, 7) is 4.57. The minimum Gasteiger partial charge on any atom is -0.492 e. The molecule has 0 saturated carbocycles. The fourth-order valence-corrected chi connectivity index (χ4v) is 2.27. The number of pyridine rings is 1. The van der Waals surface area contributed by atoms with Crippen molar-refractivity contribution in [2.75, 3.05) is 13.2 Å². The smallest absolute Gasteiger partial charge is 0.302 e. The molecule has 2 N–H and O–H groups in total. The zero-order valence-electron chi connectivity index (χ0n) is 12.8. The van der Waals surface area contributed by atoms with Gasteiger partial charge in [-0.3, -0.25) is 9.59 Å². The maximum Gasteiger partial charge on any atom is 0.302 e. The van der Waals surface area contributed by atoms with Gasteiger partial charge in [0.2, 0.25) is 0 Å². The first-order chi connectivity index (χ1) is 10.6. The van der Waals surface area contributed by atoms with Crippen molar-refractivity contribution in [1.82, 2.24) is 4.57 Å². The number of benzene rings is 1. The molecule has 0 fully saturated rings. The maximum atomic E-state index is 12.5. The number of aryl methyl sites for hydroxylation is 1. The summed E-state index contributed by atoms with van der Waals surface area (Å²) >= 11 is 0. The van der Waals surface area contributed by atoms with Crippen LogP contribution in [-0.4, -0.2) is 23.7 Å².